The summed E-state index contributed by atoms with van der Waals surface area (Å²) in [6.07, 6.45) is 2.15. The molecule has 1 aliphatic heterocycles. The van der Waals surface area contributed by atoms with Crippen LogP contribution in [0.3, 0.4) is 0 Å². The number of nitrogens with zero attached hydrogens (tertiary/aromatic N) is 1. The number of ether oxygens (including phenoxy) is 1. The van der Waals surface area contributed by atoms with Gasteiger partial charge in [0.1, 0.15) is 12.4 Å². The van der Waals surface area contributed by atoms with Gasteiger partial charge in [-0.2, -0.15) is 0 Å². The van der Waals surface area contributed by atoms with E-state index in [1.807, 2.05) is 37.3 Å². The Morgan fingerprint density at radius 1 is 1.20 bits per heavy atom. The molecule has 130 valence electrons. The van der Waals surface area contributed by atoms with Crippen molar-refractivity contribution >= 4 is 17.3 Å². The summed E-state index contributed by atoms with van der Waals surface area (Å²) in [6, 6.07) is 15.8. The van der Waals surface area contributed by atoms with Gasteiger partial charge in [0.2, 0.25) is 5.91 Å². The summed E-state index contributed by atoms with van der Waals surface area (Å²) < 4.78 is 5.72. The molecule has 0 bridgehead atoms. The van der Waals surface area contributed by atoms with E-state index in [1.54, 1.807) is 0 Å². The highest BCUT2D eigenvalue weighted by atomic mass is 16.5. The van der Waals surface area contributed by atoms with Gasteiger partial charge in [-0.1, -0.05) is 36.9 Å². The maximum Gasteiger partial charge on any atom is 0.243 e. The van der Waals surface area contributed by atoms with E-state index in [0.717, 1.165) is 30.6 Å². The molecule has 4 nitrogen and oxygen atoms in total. The molecule has 0 fully saturated rings. The number of carbonyl (C=O) groups excluding carboxylic acids is 1. The fraction of sp³-hybridized carbons (Fsp3) is 0.286. The first-order valence-electron chi connectivity index (χ1n) is 8.62. The van der Waals surface area contributed by atoms with Crippen LogP contribution in [0, 0.1) is 0 Å². The summed E-state index contributed by atoms with van der Waals surface area (Å²) in [4.78, 5) is 14.7. The van der Waals surface area contributed by atoms with Gasteiger partial charge in [0.25, 0.3) is 0 Å². The fourth-order valence-electron chi connectivity index (χ4n) is 3.04. The summed E-state index contributed by atoms with van der Waals surface area (Å²) in [6.45, 7) is 7.43. The van der Waals surface area contributed by atoms with Crippen LogP contribution in [0.5, 0.6) is 5.75 Å². The van der Waals surface area contributed by atoms with Crippen molar-refractivity contribution < 1.29 is 9.53 Å². The topological polar surface area (TPSA) is 41.6 Å². The molecule has 0 unspecified atom stereocenters. The summed E-state index contributed by atoms with van der Waals surface area (Å²) in [7, 11) is 0. The van der Waals surface area contributed by atoms with E-state index in [2.05, 4.69) is 35.0 Å². The zero-order valence-electron chi connectivity index (χ0n) is 14.6. The summed E-state index contributed by atoms with van der Waals surface area (Å²) in [5.74, 6) is 0.626. The lowest BCUT2D eigenvalue weighted by Gasteiger charge is -2.30. The smallest absolute Gasteiger partial charge is 0.243 e. The minimum absolute atomic E-state index is 0.0388. The lowest BCUT2D eigenvalue weighted by molar-refractivity contribution is -0.115. The number of para-hydroxylation sites is 3. The van der Waals surface area contributed by atoms with Gasteiger partial charge in [-0.15, -0.1) is 0 Å². The number of hydrogen-bond donors (Lipinski definition) is 1. The van der Waals surface area contributed by atoms with Gasteiger partial charge in [-0.05, 0) is 49.1 Å². The number of rotatable bonds is 6. The Labute approximate surface area is 149 Å². The third-order valence-corrected chi connectivity index (χ3v) is 4.18. The largest absolute Gasteiger partial charge is 0.487 e. The van der Waals surface area contributed by atoms with Crippen molar-refractivity contribution in [3.63, 3.8) is 0 Å². The van der Waals surface area contributed by atoms with Crippen molar-refractivity contribution in [3.05, 3.63) is 66.2 Å². The van der Waals surface area contributed by atoms with Crippen LogP contribution in [0.1, 0.15) is 18.9 Å². The molecule has 1 heterocycles. The molecule has 4 heteroatoms. The average molecular weight is 336 g/mol. The Bertz CT molecular complexity index is 770. The van der Waals surface area contributed by atoms with E-state index in [1.165, 1.54) is 5.56 Å². The third-order valence-electron chi connectivity index (χ3n) is 4.18. The van der Waals surface area contributed by atoms with Crippen molar-refractivity contribution in [3.8, 4) is 5.75 Å². The Morgan fingerprint density at radius 3 is 2.80 bits per heavy atom. The standard InChI is InChI=1S/C21H24N2O2/c1-16(2)15-25-20-12-6-4-10-18(20)22-21(24)14-23-13-7-9-17-8-3-5-11-19(17)23/h3-6,8,10-12H,1,7,9,13-15H2,2H3,(H,22,24). The number of carbonyl (C=O) groups is 1. The molecule has 1 aliphatic rings. The quantitative estimate of drug-likeness (QED) is 0.810. The molecule has 0 aliphatic carbocycles. The van der Waals surface area contributed by atoms with E-state index in [0.29, 0.717) is 24.6 Å². The Kier molecular flexibility index (Phi) is 5.39. The molecule has 2 aromatic rings. The first kappa shape index (κ1) is 17.1. The monoisotopic (exact) mass is 336 g/mol. The fourth-order valence-corrected chi connectivity index (χ4v) is 3.04. The van der Waals surface area contributed by atoms with Crippen LogP contribution in [0.25, 0.3) is 0 Å². The number of nitrogens with one attached hydrogen (secondary N) is 1. The van der Waals surface area contributed by atoms with Crippen molar-refractivity contribution in [1.82, 2.24) is 0 Å². The molecular weight excluding hydrogens is 312 g/mol. The molecule has 0 atom stereocenters. The van der Waals surface area contributed by atoms with Crippen LogP contribution < -0.4 is 15.0 Å². The van der Waals surface area contributed by atoms with E-state index < -0.39 is 0 Å². The predicted octanol–water partition coefficient (Wildman–Crippen LogP) is 4.03. The highest BCUT2D eigenvalue weighted by molar-refractivity contribution is 5.95. The number of aryl methyl sites for hydroxylation is 1. The second-order valence-corrected chi connectivity index (χ2v) is 6.44. The maximum atomic E-state index is 12.6. The molecule has 0 saturated heterocycles. The molecule has 0 saturated carbocycles. The molecule has 0 aromatic heterocycles. The Morgan fingerprint density at radius 2 is 1.96 bits per heavy atom. The molecule has 2 aromatic carbocycles. The van der Waals surface area contributed by atoms with Gasteiger partial charge in [0.05, 0.1) is 12.2 Å². The van der Waals surface area contributed by atoms with Crippen LogP contribution in [-0.2, 0) is 11.2 Å². The zero-order chi connectivity index (χ0) is 17.6. The Hall–Kier alpha value is -2.75. The second-order valence-electron chi connectivity index (χ2n) is 6.44. The van der Waals surface area contributed by atoms with Gasteiger partial charge in [-0.25, -0.2) is 0 Å². The van der Waals surface area contributed by atoms with Gasteiger partial charge in [0, 0.05) is 12.2 Å². The van der Waals surface area contributed by atoms with Crippen molar-refractivity contribution in [2.24, 2.45) is 0 Å². The molecule has 3 rings (SSSR count). The third kappa shape index (κ3) is 4.41. The van der Waals surface area contributed by atoms with E-state index in [9.17, 15) is 4.79 Å². The normalized spacial score (nSPS) is 13.1. The van der Waals surface area contributed by atoms with Gasteiger partial charge in [-0.3, -0.25) is 4.79 Å². The molecule has 0 radical (unpaired) electrons. The SMILES string of the molecule is C=C(C)COc1ccccc1NC(=O)CN1CCCc2ccccc21. The van der Waals surface area contributed by atoms with Gasteiger partial charge in [0.15, 0.2) is 0 Å². The lowest BCUT2D eigenvalue weighted by atomic mass is 10.0. The second kappa shape index (κ2) is 7.88. The molecule has 25 heavy (non-hydrogen) atoms. The zero-order valence-corrected chi connectivity index (χ0v) is 14.6. The number of anilines is 2. The molecule has 0 spiro atoms. The first-order chi connectivity index (χ1) is 12.1. The van der Waals surface area contributed by atoms with E-state index in [-0.39, 0.29) is 5.91 Å². The van der Waals surface area contributed by atoms with Crippen molar-refractivity contribution in [2.45, 2.75) is 19.8 Å². The first-order valence-corrected chi connectivity index (χ1v) is 8.62. The summed E-state index contributed by atoms with van der Waals surface area (Å²) >= 11 is 0. The lowest BCUT2D eigenvalue weighted by Crippen LogP contribution is -2.36. The van der Waals surface area contributed by atoms with Crippen LogP contribution in [0.15, 0.2) is 60.7 Å². The average Bonchev–Trinajstić information content (AvgIpc) is 2.61. The van der Waals surface area contributed by atoms with Crippen molar-refractivity contribution in [1.29, 1.82) is 0 Å². The highest BCUT2D eigenvalue weighted by Crippen LogP contribution is 2.27. The predicted molar refractivity (Wildman–Crippen MR) is 102 cm³/mol. The summed E-state index contributed by atoms with van der Waals surface area (Å²) in [5.41, 5.74) is 4.10. The number of benzene rings is 2. The van der Waals surface area contributed by atoms with Crippen LogP contribution >= 0.6 is 0 Å². The van der Waals surface area contributed by atoms with Crippen molar-refractivity contribution in [2.75, 3.05) is 29.9 Å². The number of fused-ring (bicyclic) bond motifs is 1. The minimum Gasteiger partial charge on any atom is -0.487 e. The highest BCUT2D eigenvalue weighted by Gasteiger charge is 2.19. The minimum atomic E-state index is -0.0388. The summed E-state index contributed by atoms with van der Waals surface area (Å²) in [5, 5.41) is 2.98. The van der Waals surface area contributed by atoms with Gasteiger partial charge >= 0.3 is 0 Å². The molecule has 1 N–H and O–H groups in total. The van der Waals surface area contributed by atoms with E-state index >= 15 is 0 Å². The molecular formula is C21H24N2O2. The van der Waals surface area contributed by atoms with Crippen LogP contribution in [-0.4, -0.2) is 25.6 Å². The van der Waals surface area contributed by atoms with Gasteiger partial charge < -0.3 is 15.0 Å². The molecule has 1 amide bonds. The number of amides is 1. The number of hydrogen-bond acceptors (Lipinski definition) is 3. The van der Waals surface area contributed by atoms with E-state index in [4.69, 9.17) is 4.74 Å². The van der Waals surface area contributed by atoms with Crippen LogP contribution in [0.2, 0.25) is 0 Å². The Balaban J connectivity index is 1.67. The maximum absolute atomic E-state index is 12.6. The van der Waals surface area contributed by atoms with Crippen LogP contribution in [0.4, 0.5) is 11.4 Å².